The van der Waals surface area contributed by atoms with Crippen LogP contribution in [-0.4, -0.2) is 35.2 Å². The second-order valence-corrected chi connectivity index (χ2v) is 6.78. The van der Waals surface area contributed by atoms with E-state index in [1.54, 1.807) is 32.4 Å². The van der Waals surface area contributed by atoms with Crippen LogP contribution >= 0.6 is 12.2 Å². The molecule has 1 fully saturated rings. The molecule has 7 nitrogen and oxygen atoms in total. The van der Waals surface area contributed by atoms with Crippen molar-refractivity contribution in [2.24, 2.45) is 0 Å². The van der Waals surface area contributed by atoms with Crippen LogP contribution in [0.5, 0.6) is 11.5 Å². The van der Waals surface area contributed by atoms with Crippen LogP contribution in [0, 0.1) is 0 Å². The van der Waals surface area contributed by atoms with Crippen LogP contribution in [0.1, 0.15) is 32.1 Å². The molecule has 3 rings (SSSR count). The zero-order valence-electron chi connectivity index (χ0n) is 15.0. The Bertz CT molecular complexity index is 853. The molecule has 2 aromatic rings. The van der Waals surface area contributed by atoms with Gasteiger partial charge in [-0.25, -0.2) is 0 Å². The fraction of sp³-hybridized carbons (Fsp3) is 0.444. The quantitative estimate of drug-likeness (QED) is 0.710. The van der Waals surface area contributed by atoms with Gasteiger partial charge in [-0.15, -0.1) is 0 Å². The summed E-state index contributed by atoms with van der Waals surface area (Å²) in [6.45, 7) is 0. The lowest BCUT2D eigenvalue weighted by molar-refractivity contribution is 0.355. The Kier molecular flexibility index (Phi) is 5.51. The number of nitrogens with zero attached hydrogens (tertiary/aromatic N) is 1. The van der Waals surface area contributed by atoms with Gasteiger partial charge in [0, 0.05) is 6.04 Å². The van der Waals surface area contributed by atoms with E-state index in [2.05, 4.69) is 10.4 Å². The van der Waals surface area contributed by atoms with E-state index in [4.69, 9.17) is 27.4 Å². The van der Waals surface area contributed by atoms with Gasteiger partial charge in [0.25, 0.3) is 5.56 Å². The molecule has 26 heavy (non-hydrogen) atoms. The lowest BCUT2D eigenvalue weighted by Crippen LogP contribution is -2.42. The van der Waals surface area contributed by atoms with Gasteiger partial charge in [0.2, 0.25) is 0 Å². The van der Waals surface area contributed by atoms with Crippen molar-refractivity contribution in [3.63, 3.8) is 0 Å². The first-order valence-corrected chi connectivity index (χ1v) is 9.09. The smallest absolute Gasteiger partial charge is 0.283 e. The summed E-state index contributed by atoms with van der Waals surface area (Å²) in [5.74, 6) is 1.37. The van der Waals surface area contributed by atoms with E-state index in [-0.39, 0.29) is 11.4 Å². The van der Waals surface area contributed by atoms with Crippen molar-refractivity contribution in [3.8, 4) is 22.6 Å². The first-order valence-electron chi connectivity index (χ1n) is 8.69. The van der Waals surface area contributed by atoms with Gasteiger partial charge in [0.1, 0.15) is 5.82 Å². The largest absolute Gasteiger partial charge is 0.493 e. The van der Waals surface area contributed by atoms with Crippen molar-refractivity contribution in [3.05, 3.63) is 28.6 Å². The third-order valence-electron chi connectivity index (χ3n) is 4.73. The van der Waals surface area contributed by atoms with Gasteiger partial charge in [-0.2, -0.15) is 4.68 Å². The van der Waals surface area contributed by atoms with E-state index >= 15 is 0 Å². The van der Waals surface area contributed by atoms with Gasteiger partial charge in [0.15, 0.2) is 16.6 Å². The van der Waals surface area contributed by atoms with Crippen molar-refractivity contribution < 1.29 is 9.47 Å². The summed E-state index contributed by atoms with van der Waals surface area (Å²) >= 11 is 5.42. The highest BCUT2D eigenvalue weighted by atomic mass is 32.1. The van der Waals surface area contributed by atoms with E-state index in [1.807, 2.05) is 0 Å². The number of methoxy groups -OCH3 is 2. The number of ether oxygens (including phenoxy) is 2. The lowest BCUT2D eigenvalue weighted by atomic mass is 9.96. The number of aromatic nitrogens is 2. The third kappa shape index (κ3) is 3.55. The highest BCUT2D eigenvalue weighted by molar-refractivity contribution is 7.80. The molecule has 0 atom stereocenters. The van der Waals surface area contributed by atoms with Crippen molar-refractivity contribution in [2.45, 2.75) is 38.1 Å². The van der Waals surface area contributed by atoms with Gasteiger partial charge < -0.3 is 20.5 Å². The topological polar surface area (TPSA) is 94.3 Å². The molecule has 0 unspecified atom stereocenters. The molecule has 1 aromatic carbocycles. The number of nitrogens with one attached hydrogen (secondary N) is 2. The normalized spacial score (nSPS) is 14.8. The molecule has 0 aliphatic heterocycles. The molecule has 1 saturated carbocycles. The number of rotatable bonds is 4. The molecule has 1 aromatic heterocycles. The Morgan fingerprint density at radius 1 is 1.23 bits per heavy atom. The van der Waals surface area contributed by atoms with E-state index in [1.165, 1.54) is 23.9 Å². The number of anilines is 1. The minimum absolute atomic E-state index is 0.259. The van der Waals surface area contributed by atoms with Gasteiger partial charge >= 0.3 is 0 Å². The summed E-state index contributed by atoms with van der Waals surface area (Å²) < 4.78 is 11.8. The monoisotopic (exact) mass is 376 g/mol. The number of hydrogen-bond acceptors (Lipinski definition) is 5. The Labute approximate surface area is 157 Å². The van der Waals surface area contributed by atoms with Crippen LogP contribution in [0.3, 0.4) is 0 Å². The number of nitrogens with two attached hydrogens (primary N) is 1. The van der Waals surface area contributed by atoms with Gasteiger partial charge in [-0.1, -0.05) is 25.3 Å². The van der Waals surface area contributed by atoms with Crippen LogP contribution in [0.25, 0.3) is 11.1 Å². The molecular formula is C18H24N4O3S. The molecule has 1 aliphatic carbocycles. The summed E-state index contributed by atoms with van der Waals surface area (Å²) in [6, 6.07) is 5.53. The fourth-order valence-corrected chi connectivity index (χ4v) is 3.65. The second-order valence-electron chi connectivity index (χ2n) is 6.40. The van der Waals surface area contributed by atoms with Crippen LogP contribution in [0.15, 0.2) is 23.0 Å². The van der Waals surface area contributed by atoms with Gasteiger partial charge in [-0.05, 0) is 42.8 Å². The molecule has 0 amide bonds. The van der Waals surface area contributed by atoms with Crippen LogP contribution < -0.4 is 26.1 Å². The first kappa shape index (κ1) is 18.3. The third-order valence-corrected chi connectivity index (χ3v) is 5.03. The van der Waals surface area contributed by atoms with E-state index < -0.39 is 0 Å². The SMILES string of the molecule is COc1ccc(-c2c(N)[nH]n(C(=S)NC3CCCCC3)c2=O)cc1OC. The predicted molar refractivity (Wildman–Crippen MR) is 106 cm³/mol. The average Bonchev–Trinajstić information content (AvgIpc) is 2.96. The van der Waals surface area contributed by atoms with E-state index in [0.717, 1.165) is 12.8 Å². The maximum Gasteiger partial charge on any atom is 0.283 e. The van der Waals surface area contributed by atoms with Crippen molar-refractivity contribution >= 4 is 23.1 Å². The number of nitrogen functional groups attached to an aromatic ring is 1. The summed E-state index contributed by atoms with van der Waals surface area (Å²) in [5, 5.41) is 6.49. The lowest BCUT2D eigenvalue weighted by Gasteiger charge is -2.23. The fourth-order valence-electron chi connectivity index (χ4n) is 3.35. The van der Waals surface area contributed by atoms with Crippen molar-refractivity contribution in [2.75, 3.05) is 20.0 Å². The summed E-state index contributed by atoms with van der Waals surface area (Å²) in [4.78, 5) is 12.9. The van der Waals surface area contributed by atoms with E-state index in [0.29, 0.717) is 33.8 Å². The molecule has 0 spiro atoms. The molecule has 140 valence electrons. The van der Waals surface area contributed by atoms with Crippen LogP contribution in [0.4, 0.5) is 5.82 Å². The predicted octanol–water partition coefficient (Wildman–Crippen LogP) is 2.50. The minimum Gasteiger partial charge on any atom is -0.493 e. The van der Waals surface area contributed by atoms with Crippen molar-refractivity contribution in [1.82, 2.24) is 15.1 Å². The number of thiocarbonyl (C=S) groups is 1. The summed E-state index contributed by atoms with van der Waals surface area (Å²) in [5.41, 5.74) is 6.78. The molecule has 0 saturated heterocycles. The number of hydrogen-bond donors (Lipinski definition) is 3. The molecule has 0 bridgehead atoms. The first-order chi connectivity index (χ1) is 12.5. The highest BCUT2D eigenvalue weighted by Gasteiger charge is 2.20. The number of aromatic amines is 1. The Morgan fingerprint density at radius 2 is 1.92 bits per heavy atom. The molecular weight excluding hydrogens is 352 g/mol. The summed E-state index contributed by atoms with van der Waals surface area (Å²) in [7, 11) is 3.11. The number of H-pyrrole nitrogens is 1. The molecule has 1 aliphatic rings. The van der Waals surface area contributed by atoms with Crippen LogP contribution in [-0.2, 0) is 0 Å². The Balaban J connectivity index is 1.90. The molecule has 8 heteroatoms. The maximum atomic E-state index is 12.9. The molecule has 1 heterocycles. The Morgan fingerprint density at radius 3 is 2.58 bits per heavy atom. The zero-order chi connectivity index (χ0) is 18.7. The highest BCUT2D eigenvalue weighted by Crippen LogP contribution is 2.32. The summed E-state index contributed by atoms with van der Waals surface area (Å²) in [6.07, 6.45) is 5.74. The molecule has 0 radical (unpaired) electrons. The average molecular weight is 376 g/mol. The number of benzene rings is 1. The Hall–Kier alpha value is -2.48. The molecule has 4 N–H and O–H groups in total. The van der Waals surface area contributed by atoms with E-state index in [9.17, 15) is 4.79 Å². The van der Waals surface area contributed by atoms with Crippen LogP contribution in [0.2, 0.25) is 0 Å². The zero-order valence-corrected chi connectivity index (χ0v) is 15.8. The minimum atomic E-state index is -0.289. The van der Waals surface area contributed by atoms with Crippen molar-refractivity contribution in [1.29, 1.82) is 0 Å². The maximum absolute atomic E-state index is 12.9. The van der Waals surface area contributed by atoms with Gasteiger partial charge in [0.05, 0.1) is 19.8 Å². The standard InChI is InChI=1S/C18H24N4O3S/c1-24-13-9-8-11(10-14(13)25-2)15-16(19)21-22(17(15)23)18(26)20-12-6-4-3-5-7-12/h8-10,12,21H,3-7,19H2,1-2H3,(H,20,26). The van der Waals surface area contributed by atoms with Gasteiger partial charge in [-0.3, -0.25) is 9.89 Å². The second kappa shape index (κ2) is 7.82.